The topological polar surface area (TPSA) is 42.1 Å². The predicted molar refractivity (Wildman–Crippen MR) is 76.9 cm³/mol. The molecule has 0 radical (unpaired) electrons. The van der Waals surface area contributed by atoms with Gasteiger partial charge in [0, 0.05) is 19.6 Å². The number of nitrogens with zero attached hydrogens (tertiary/aromatic N) is 2. The maximum atomic E-state index is 6.04. The molecular weight excluding hydrogens is 246 g/mol. The lowest BCUT2D eigenvalue weighted by atomic mass is 9.80. The Morgan fingerprint density at radius 2 is 2.17 bits per heavy atom. The summed E-state index contributed by atoms with van der Waals surface area (Å²) in [5.74, 6) is 1.72. The summed E-state index contributed by atoms with van der Waals surface area (Å²) >= 11 is 6.04. The Hall–Kier alpha value is -0.800. The van der Waals surface area contributed by atoms with Gasteiger partial charge in [-0.2, -0.15) is 0 Å². The zero-order valence-corrected chi connectivity index (χ0v) is 12.2. The third-order valence-electron chi connectivity index (χ3n) is 3.83. The number of hydrogen-bond acceptors (Lipinski definition) is 3. The van der Waals surface area contributed by atoms with Crippen molar-refractivity contribution in [2.24, 2.45) is 17.1 Å². The van der Waals surface area contributed by atoms with E-state index in [0.29, 0.717) is 17.0 Å². The van der Waals surface area contributed by atoms with Crippen LogP contribution in [0.1, 0.15) is 32.9 Å². The molecule has 0 saturated carbocycles. The second-order valence-electron chi connectivity index (χ2n) is 6.10. The molecule has 0 amide bonds. The molecule has 1 atom stereocenters. The third kappa shape index (κ3) is 2.78. The molecule has 1 unspecified atom stereocenters. The van der Waals surface area contributed by atoms with Crippen LogP contribution in [0.4, 0.5) is 5.82 Å². The van der Waals surface area contributed by atoms with Crippen LogP contribution < -0.4 is 10.6 Å². The van der Waals surface area contributed by atoms with Gasteiger partial charge in [0.25, 0.3) is 0 Å². The van der Waals surface area contributed by atoms with Gasteiger partial charge < -0.3 is 10.6 Å². The molecule has 1 aliphatic rings. The van der Waals surface area contributed by atoms with Crippen molar-refractivity contribution in [2.45, 2.75) is 33.7 Å². The smallest absolute Gasteiger partial charge is 0.128 e. The molecule has 1 aliphatic heterocycles. The van der Waals surface area contributed by atoms with Crippen molar-refractivity contribution >= 4 is 17.4 Å². The van der Waals surface area contributed by atoms with E-state index in [1.165, 1.54) is 6.42 Å². The first-order valence-corrected chi connectivity index (χ1v) is 6.90. The van der Waals surface area contributed by atoms with Crippen molar-refractivity contribution in [3.63, 3.8) is 0 Å². The van der Waals surface area contributed by atoms with Crippen LogP contribution in [0.25, 0.3) is 0 Å². The summed E-state index contributed by atoms with van der Waals surface area (Å²) in [6.07, 6.45) is 1.23. The van der Waals surface area contributed by atoms with E-state index in [2.05, 4.69) is 30.7 Å². The highest BCUT2D eigenvalue weighted by Gasteiger charge is 2.32. The van der Waals surface area contributed by atoms with E-state index in [9.17, 15) is 0 Å². The first kappa shape index (κ1) is 13.6. The van der Waals surface area contributed by atoms with Gasteiger partial charge in [-0.3, -0.25) is 0 Å². The molecule has 3 nitrogen and oxygen atoms in total. The molecular formula is C14H22ClN3. The molecule has 18 heavy (non-hydrogen) atoms. The van der Waals surface area contributed by atoms with Gasteiger partial charge >= 0.3 is 0 Å². The molecule has 1 aromatic heterocycles. The summed E-state index contributed by atoms with van der Waals surface area (Å²) in [6.45, 7) is 9.46. The summed E-state index contributed by atoms with van der Waals surface area (Å²) < 4.78 is 0. The van der Waals surface area contributed by atoms with Crippen LogP contribution in [0.15, 0.2) is 12.1 Å². The maximum absolute atomic E-state index is 6.04. The van der Waals surface area contributed by atoms with E-state index in [0.717, 1.165) is 30.5 Å². The van der Waals surface area contributed by atoms with Crippen molar-refractivity contribution in [2.75, 3.05) is 18.0 Å². The largest absolute Gasteiger partial charge is 0.356 e. The number of halogens is 1. The molecule has 2 rings (SSSR count). The van der Waals surface area contributed by atoms with Gasteiger partial charge in [-0.25, -0.2) is 4.98 Å². The number of aromatic nitrogens is 1. The monoisotopic (exact) mass is 267 g/mol. The molecule has 0 spiro atoms. The predicted octanol–water partition coefficient (Wildman–Crippen LogP) is 3.07. The van der Waals surface area contributed by atoms with E-state index >= 15 is 0 Å². The van der Waals surface area contributed by atoms with Crippen molar-refractivity contribution in [1.82, 2.24) is 4.98 Å². The second-order valence-corrected chi connectivity index (χ2v) is 6.51. The van der Waals surface area contributed by atoms with Crippen LogP contribution in [0, 0.1) is 11.3 Å². The van der Waals surface area contributed by atoms with Gasteiger partial charge in [0.1, 0.15) is 5.82 Å². The minimum Gasteiger partial charge on any atom is -0.356 e. The van der Waals surface area contributed by atoms with Gasteiger partial charge in [-0.1, -0.05) is 32.4 Å². The van der Waals surface area contributed by atoms with E-state index in [1.807, 2.05) is 12.1 Å². The lowest BCUT2D eigenvalue weighted by Crippen LogP contribution is -2.26. The number of pyridine rings is 1. The van der Waals surface area contributed by atoms with Crippen molar-refractivity contribution in [3.8, 4) is 0 Å². The van der Waals surface area contributed by atoms with E-state index in [-0.39, 0.29) is 0 Å². The highest BCUT2D eigenvalue weighted by atomic mass is 35.5. The standard InChI is InChI=1S/C14H22ClN3/c1-14(2,3)10-6-7-18(9-10)13-5-4-11(15)12(8-16)17-13/h4-5,10H,6-9,16H2,1-3H3. The zero-order chi connectivity index (χ0) is 13.3. The Balaban J connectivity index is 2.14. The summed E-state index contributed by atoms with van der Waals surface area (Å²) in [4.78, 5) is 6.90. The highest BCUT2D eigenvalue weighted by Crippen LogP contribution is 2.35. The van der Waals surface area contributed by atoms with Crippen molar-refractivity contribution in [1.29, 1.82) is 0 Å². The quantitative estimate of drug-likeness (QED) is 0.896. The molecule has 1 fully saturated rings. The molecule has 0 aromatic carbocycles. The minimum absolute atomic E-state index is 0.359. The molecule has 1 saturated heterocycles. The number of anilines is 1. The van der Waals surface area contributed by atoms with E-state index in [1.54, 1.807) is 0 Å². The Kier molecular flexibility index (Phi) is 3.83. The fourth-order valence-corrected chi connectivity index (χ4v) is 2.65. The average molecular weight is 268 g/mol. The van der Waals surface area contributed by atoms with Crippen molar-refractivity contribution < 1.29 is 0 Å². The Morgan fingerprint density at radius 3 is 2.72 bits per heavy atom. The lowest BCUT2D eigenvalue weighted by molar-refractivity contribution is 0.263. The molecule has 4 heteroatoms. The lowest BCUT2D eigenvalue weighted by Gasteiger charge is -2.27. The van der Waals surface area contributed by atoms with Crippen LogP contribution >= 0.6 is 11.6 Å². The fraction of sp³-hybridized carbons (Fsp3) is 0.643. The number of rotatable bonds is 2. The number of nitrogens with two attached hydrogens (primary N) is 1. The Morgan fingerprint density at radius 1 is 1.44 bits per heavy atom. The summed E-state index contributed by atoms with van der Waals surface area (Å²) in [5, 5.41) is 0.660. The average Bonchev–Trinajstić information content (AvgIpc) is 2.78. The van der Waals surface area contributed by atoms with Gasteiger partial charge in [0.15, 0.2) is 0 Å². The minimum atomic E-state index is 0.359. The van der Waals surface area contributed by atoms with Crippen LogP contribution in [-0.2, 0) is 6.54 Å². The molecule has 0 bridgehead atoms. The summed E-state index contributed by atoms with van der Waals surface area (Å²) in [5.41, 5.74) is 6.79. The van der Waals surface area contributed by atoms with Crippen LogP contribution in [-0.4, -0.2) is 18.1 Å². The van der Waals surface area contributed by atoms with Gasteiger partial charge in [0.2, 0.25) is 0 Å². The highest BCUT2D eigenvalue weighted by molar-refractivity contribution is 6.31. The van der Waals surface area contributed by atoms with Crippen molar-refractivity contribution in [3.05, 3.63) is 22.8 Å². The first-order chi connectivity index (χ1) is 8.41. The molecule has 2 heterocycles. The van der Waals surface area contributed by atoms with Crippen LogP contribution in [0.5, 0.6) is 0 Å². The number of hydrogen-bond donors (Lipinski definition) is 1. The van der Waals surface area contributed by atoms with Gasteiger partial charge in [-0.05, 0) is 29.9 Å². The van der Waals surface area contributed by atoms with E-state index < -0.39 is 0 Å². The Bertz CT molecular complexity index is 426. The van der Waals surface area contributed by atoms with Gasteiger partial charge in [-0.15, -0.1) is 0 Å². The normalized spacial score (nSPS) is 20.5. The molecule has 1 aromatic rings. The van der Waals surface area contributed by atoms with E-state index in [4.69, 9.17) is 17.3 Å². The zero-order valence-electron chi connectivity index (χ0n) is 11.4. The maximum Gasteiger partial charge on any atom is 0.128 e. The molecule has 0 aliphatic carbocycles. The first-order valence-electron chi connectivity index (χ1n) is 6.52. The fourth-order valence-electron chi connectivity index (χ4n) is 2.47. The third-order valence-corrected chi connectivity index (χ3v) is 4.18. The molecule has 100 valence electrons. The second kappa shape index (κ2) is 5.06. The summed E-state index contributed by atoms with van der Waals surface area (Å²) in [6, 6.07) is 3.89. The molecule has 2 N–H and O–H groups in total. The van der Waals surface area contributed by atoms with Crippen LogP contribution in [0.3, 0.4) is 0 Å². The van der Waals surface area contributed by atoms with Crippen LogP contribution in [0.2, 0.25) is 5.02 Å². The van der Waals surface area contributed by atoms with Gasteiger partial charge in [0.05, 0.1) is 10.7 Å². The Labute approximate surface area is 114 Å². The SMILES string of the molecule is CC(C)(C)C1CCN(c2ccc(Cl)c(CN)n2)C1. The summed E-state index contributed by atoms with van der Waals surface area (Å²) in [7, 11) is 0.